The lowest BCUT2D eigenvalue weighted by Crippen LogP contribution is -2.59. The zero-order chi connectivity index (χ0) is 39.9. The Morgan fingerprint density at radius 2 is 1.79 bits per heavy atom. The molecule has 15 atom stereocenters. The number of methoxy groups -OCH3 is 1. The van der Waals surface area contributed by atoms with Gasteiger partial charge in [-0.05, 0) is 75.0 Å². The van der Waals surface area contributed by atoms with Crippen molar-refractivity contribution < 1.29 is 53.3 Å². The van der Waals surface area contributed by atoms with Gasteiger partial charge in [-0.3, -0.25) is 4.79 Å². The first kappa shape index (κ1) is 41.7. The summed E-state index contributed by atoms with van der Waals surface area (Å²) in [5.41, 5.74) is -0.418. The van der Waals surface area contributed by atoms with Gasteiger partial charge in [-0.15, -0.1) is 0 Å². The molecule has 310 valence electrons. The number of nitrogens with zero attached hydrogens (tertiary/aromatic N) is 1. The van der Waals surface area contributed by atoms with Crippen LogP contribution >= 0.6 is 0 Å². The van der Waals surface area contributed by atoms with Crippen molar-refractivity contribution in [1.29, 1.82) is 5.26 Å². The van der Waals surface area contributed by atoms with Crippen LogP contribution in [0.25, 0.3) is 0 Å². The van der Waals surface area contributed by atoms with E-state index in [9.17, 15) is 25.4 Å². The van der Waals surface area contributed by atoms with Crippen molar-refractivity contribution in [2.45, 2.75) is 178 Å². The standard InChI is InChI=1S/C44H63NO11/c1-24-11-10-14-30-23-51-41-37(46)27(4)33(22-45)36(44(30,41)49)42(48)53-32-19-31(16-15-25(2)39(24)54-35-20-34(50-6)38(47)28(5)52-35)55-43(21-32)18-17-26(3)40(56-43)29-12-8-7-9-13-29/h10-11,14-15,24,26,28-29,31-32,34-41,46-47,49H,7-9,12-13,16-21,23H2,1-6H3/b11-10+,25-15+,30-14+/t24-,26-,28-,31+,32-,34-,35+,36-,37+,38-,39-,40?,41?,43+,44+/m0/s1. The first-order valence-electron chi connectivity index (χ1n) is 21.0. The molecule has 1 spiro atoms. The van der Waals surface area contributed by atoms with Crippen LogP contribution in [-0.4, -0.2) is 108 Å². The quantitative estimate of drug-likeness (QED) is 0.243. The minimum absolute atomic E-state index is 0.0113. The number of hydrogen-bond donors (Lipinski definition) is 3. The number of hydrogen-bond acceptors (Lipinski definition) is 12. The third-order valence-corrected chi connectivity index (χ3v) is 13.9. The lowest BCUT2D eigenvalue weighted by molar-refractivity contribution is -0.342. The Kier molecular flexibility index (Phi) is 12.7. The monoisotopic (exact) mass is 781 g/mol. The van der Waals surface area contributed by atoms with E-state index in [2.05, 4.69) is 19.1 Å². The van der Waals surface area contributed by atoms with E-state index in [1.165, 1.54) is 19.3 Å². The fourth-order valence-electron chi connectivity index (χ4n) is 10.7. The number of fused-ring (bicyclic) bond motifs is 2. The van der Waals surface area contributed by atoms with Crippen LogP contribution in [0.2, 0.25) is 0 Å². The summed E-state index contributed by atoms with van der Waals surface area (Å²) in [6.45, 7) is 9.70. The number of allylic oxidation sites excluding steroid dienone is 2. The number of rotatable bonds is 4. The molecule has 0 aromatic rings. The Morgan fingerprint density at radius 1 is 1.02 bits per heavy atom. The van der Waals surface area contributed by atoms with E-state index in [1.54, 1.807) is 33.1 Å². The summed E-state index contributed by atoms with van der Waals surface area (Å²) in [6.07, 6.45) is 10.5. The SMILES string of the molecule is CO[C@H]1C[C@@H](O[C@@H]2/C(C)=C/C[C@@H]3C[C@@H](C[C@]4(CC[C@H](C)C(C5CCCCC5)O4)O3)OC(=O)[C@@H]3C(C#N)=C(C)[C@@H](O)C4OC/C(=C\C=C\[C@@H]2C)[C@]43O)O[C@@H](C)[C@@H]1O. The van der Waals surface area contributed by atoms with Crippen LogP contribution in [0.3, 0.4) is 0 Å². The molecule has 2 aliphatic carbocycles. The number of esters is 1. The molecular weight excluding hydrogens is 718 g/mol. The summed E-state index contributed by atoms with van der Waals surface area (Å²) in [6, 6.07) is 2.14. The number of nitriles is 1. The summed E-state index contributed by atoms with van der Waals surface area (Å²) in [5.74, 6) is -2.47. The lowest BCUT2D eigenvalue weighted by atomic mass is 9.67. The predicted molar refractivity (Wildman–Crippen MR) is 204 cm³/mol. The molecule has 0 amide bonds. The summed E-state index contributed by atoms with van der Waals surface area (Å²) >= 11 is 0. The number of carbonyl (C=O) groups excluding carboxylic acids is 1. The Balaban J connectivity index is 1.27. The average Bonchev–Trinajstić information content (AvgIpc) is 3.52. The topological polar surface area (TPSA) is 166 Å². The van der Waals surface area contributed by atoms with Crippen molar-refractivity contribution in [2.24, 2.45) is 23.7 Å². The molecule has 0 aromatic heterocycles. The molecule has 2 bridgehead atoms. The highest BCUT2D eigenvalue weighted by atomic mass is 16.7. The highest BCUT2D eigenvalue weighted by molar-refractivity contribution is 5.81. The first-order chi connectivity index (χ1) is 26.8. The van der Waals surface area contributed by atoms with Gasteiger partial charge in [0.05, 0.1) is 43.2 Å². The minimum Gasteiger partial charge on any atom is -0.461 e. The van der Waals surface area contributed by atoms with Gasteiger partial charge in [-0.2, -0.15) is 5.26 Å². The Bertz CT molecular complexity index is 1610. The zero-order valence-electron chi connectivity index (χ0n) is 33.9. The van der Waals surface area contributed by atoms with E-state index < -0.39 is 72.3 Å². The van der Waals surface area contributed by atoms with Crippen LogP contribution in [0.1, 0.15) is 105 Å². The van der Waals surface area contributed by atoms with Crippen LogP contribution in [-0.2, 0) is 38.0 Å². The van der Waals surface area contributed by atoms with Crippen LogP contribution in [0, 0.1) is 35.0 Å². The molecule has 3 N–H and O–H groups in total. The average molecular weight is 782 g/mol. The largest absolute Gasteiger partial charge is 0.461 e. The van der Waals surface area contributed by atoms with Crippen molar-refractivity contribution in [3.63, 3.8) is 0 Å². The first-order valence-corrected chi connectivity index (χ1v) is 21.0. The smallest absolute Gasteiger partial charge is 0.317 e. The van der Waals surface area contributed by atoms with Crippen LogP contribution < -0.4 is 0 Å². The van der Waals surface area contributed by atoms with Gasteiger partial charge in [0.25, 0.3) is 0 Å². The highest BCUT2D eigenvalue weighted by Gasteiger charge is 2.63. The van der Waals surface area contributed by atoms with Crippen molar-refractivity contribution in [3.05, 3.63) is 46.6 Å². The molecule has 5 aliphatic heterocycles. The van der Waals surface area contributed by atoms with Crippen LogP contribution in [0.15, 0.2) is 46.6 Å². The van der Waals surface area contributed by atoms with E-state index in [4.69, 9.17) is 33.2 Å². The normalized spacial score (nSPS) is 47.9. The van der Waals surface area contributed by atoms with Gasteiger partial charge in [-0.1, -0.05) is 57.4 Å². The van der Waals surface area contributed by atoms with Gasteiger partial charge in [0.15, 0.2) is 12.1 Å². The van der Waals surface area contributed by atoms with Crippen molar-refractivity contribution >= 4 is 5.97 Å². The molecule has 5 fully saturated rings. The van der Waals surface area contributed by atoms with Crippen LogP contribution in [0.5, 0.6) is 0 Å². The summed E-state index contributed by atoms with van der Waals surface area (Å²) in [7, 11) is 1.58. The fourth-order valence-corrected chi connectivity index (χ4v) is 10.7. The van der Waals surface area contributed by atoms with Crippen molar-refractivity contribution in [3.8, 4) is 6.07 Å². The molecule has 7 aliphatic rings. The maximum atomic E-state index is 14.5. The molecule has 2 unspecified atom stereocenters. The molecule has 5 heterocycles. The molecule has 0 radical (unpaired) electrons. The minimum atomic E-state index is -2.02. The molecule has 7 rings (SSSR count). The number of aliphatic hydroxyl groups is 3. The van der Waals surface area contributed by atoms with E-state index in [1.807, 2.05) is 19.9 Å². The molecule has 1 saturated carbocycles. The molecule has 12 heteroatoms. The predicted octanol–water partition coefficient (Wildman–Crippen LogP) is 5.49. The Labute approximate surface area is 331 Å². The third-order valence-electron chi connectivity index (χ3n) is 13.9. The highest BCUT2D eigenvalue weighted by Crippen LogP contribution is 2.50. The summed E-state index contributed by atoms with van der Waals surface area (Å²) in [4.78, 5) is 14.5. The van der Waals surface area contributed by atoms with Crippen molar-refractivity contribution in [2.75, 3.05) is 13.7 Å². The summed E-state index contributed by atoms with van der Waals surface area (Å²) in [5, 5.41) is 45.0. The molecule has 56 heavy (non-hydrogen) atoms. The van der Waals surface area contributed by atoms with Gasteiger partial charge in [0, 0.05) is 44.3 Å². The van der Waals surface area contributed by atoms with Gasteiger partial charge in [0.1, 0.15) is 35.9 Å². The van der Waals surface area contributed by atoms with E-state index in [-0.39, 0.29) is 35.9 Å². The van der Waals surface area contributed by atoms with E-state index >= 15 is 0 Å². The molecule has 0 aromatic carbocycles. The van der Waals surface area contributed by atoms with Crippen LogP contribution in [0.4, 0.5) is 0 Å². The van der Waals surface area contributed by atoms with Gasteiger partial charge >= 0.3 is 5.97 Å². The van der Waals surface area contributed by atoms with Gasteiger partial charge in [-0.25, -0.2) is 0 Å². The number of aliphatic hydroxyl groups excluding tert-OH is 2. The maximum absolute atomic E-state index is 14.5. The lowest BCUT2D eigenvalue weighted by Gasteiger charge is -2.51. The number of carbonyl (C=O) groups is 1. The van der Waals surface area contributed by atoms with Gasteiger partial charge < -0.3 is 48.5 Å². The Hall–Kier alpha value is -2.44. The molecule has 12 nitrogen and oxygen atoms in total. The number of ether oxygens (including phenoxy) is 7. The molecule has 4 saturated heterocycles. The fraction of sp³-hybridized carbons (Fsp3) is 0.773. The third kappa shape index (κ3) is 7.97. The second-order valence-electron chi connectivity index (χ2n) is 17.7. The molecular formula is C44H63NO11. The van der Waals surface area contributed by atoms with E-state index in [0.717, 1.165) is 24.8 Å². The zero-order valence-corrected chi connectivity index (χ0v) is 33.9. The summed E-state index contributed by atoms with van der Waals surface area (Å²) < 4.78 is 45.0. The maximum Gasteiger partial charge on any atom is 0.317 e. The van der Waals surface area contributed by atoms with Gasteiger partial charge in [0.2, 0.25) is 0 Å². The van der Waals surface area contributed by atoms with Crippen molar-refractivity contribution in [1.82, 2.24) is 0 Å². The Morgan fingerprint density at radius 3 is 2.52 bits per heavy atom. The second-order valence-corrected chi connectivity index (χ2v) is 17.7. The van der Waals surface area contributed by atoms with E-state index in [0.29, 0.717) is 49.5 Å². The second kappa shape index (κ2) is 17.0.